The number of ether oxygens (including phenoxy) is 2. The molecule has 2 aromatic carbocycles. The summed E-state index contributed by atoms with van der Waals surface area (Å²) in [4.78, 5) is 28.6. The molecule has 0 aliphatic carbocycles. The van der Waals surface area contributed by atoms with E-state index in [1.807, 2.05) is 12.1 Å². The van der Waals surface area contributed by atoms with Crippen LogP contribution in [0, 0.1) is 16.7 Å². The second-order valence-corrected chi connectivity index (χ2v) is 8.29. The summed E-state index contributed by atoms with van der Waals surface area (Å²) >= 11 is 0. The Morgan fingerprint density at radius 3 is 2.44 bits per heavy atom. The number of carbonyl (C=O) groups is 2. The van der Waals surface area contributed by atoms with Crippen molar-refractivity contribution in [3.05, 3.63) is 59.7 Å². The number of aliphatic carboxylic acids is 1. The highest BCUT2D eigenvalue weighted by atomic mass is 16.5. The minimum absolute atomic E-state index is 0.0618. The SMILES string of the molecule is COc1ccc(C(=O)N2CCC(COC3CN(c4ccc(C#N)cc4)C3)(C(=O)O)C2)cc1. The first-order valence-electron chi connectivity index (χ1n) is 10.5. The van der Waals surface area contributed by atoms with E-state index >= 15 is 0 Å². The van der Waals surface area contributed by atoms with Gasteiger partial charge in [-0.05, 0) is 55.0 Å². The number of benzene rings is 2. The summed E-state index contributed by atoms with van der Waals surface area (Å²) in [5, 5.41) is 18.8. The number of hydrogen-bond acceptors (Lipinski definition) is 6. The molecule has 1 unspecified atom stereocenters. The molecular formula is C24H25N3O5. The fourth-order valence-corrected chi connectivity index (χ4v) is 4.09. The minimum Gasteiger partial charge on any atom is -0.497 e. The number of carbonyl (C=O) groups excluding carboxylic acids is 1. The Kier molecular flexibility index (Phi) is 6.01. The van der Waals surface area contributed by atoms with Gasteiger partial charge in [0.25, 0.3) is 5.91 Å². The summed E-state index contributed by atoms with van der Waals surface area (Å²) in [5.74, 6) is -0.469. The minimum atomic E-state index is -1.10. The largest absolute Gasteiger partial charge is 0.497 e. The molecule has 0 aromatic heterocycles. The molecule has 32 heavy (non-hydrogen) atoms. The average Bonchev–Trinajstić information content (AvgIpc) is 3.24. The van der Waals surface area contributed by atoms with Gasteiger partial charge in [0.2, 0.25) is 0 Å². The lowest BCUT2D eigenvalue weighted by Gasteiger charge is -2.41. The van der Waals surface area contributed by atoms with Crippen molar-refractivity contribution < 1.29 is 24.2 Å². The smallest absolute Gasteiger partial charge is 0.313 e. The summed E-state index contributed by atoms with van der Waals surface area (Å²) in [6.07, 6.45) is 0.296. The summed E-state index contributed by atoms with van der Waals surface area (Å²) in [7, 11) is 1.56. The molecule has 1 amide bonds. The summed E-state index contributed by atoms with van der Waals surface area (Å²) in [5.41, 5.74) is 1.02. The molecule has 2 aliphatic rings. The number of nitriles is 1. The standard InChI is InChI=1S/C24H25N3O5/c1-31-20-8-4-18(5-9-20)22(28)26-11-10-24(15-26,23(29)30)16-32-21-13-27(14-21)19-6-2-17(12-25)3-7-19/h2-9,21H,10-11,13-16H2,1H3,(H,29,30). The molecule has 0 spiro atoms. The number of rotatable bonds is 7. The van der Waals surface area contributed by atoms with Crippen molar-refractivity contribution in [2.75, 3.05) is 44.8 Å². The normalized spacial score (nSPS) is 20.5. The van der Waals surface area contributed by atoms with Crippen molar-refractivity contribution in [2.24, 2.45) is 5.41 Å². The molecule has 4 rings (SSSR count). The Bertz CT molecular complexity index is 1030. The predicted molar refractivity (Wildman–Crippen MR) is 117 cm³/mol. The number of carboxylic acids is 1. The number of anilines is 1. The molecule has 2 heterocycles. The summed E-state index contributed by atoms with van der Waals surface area (Å²) in [6, 6.07) is 16.2. The van der Waals surface area contributed by atoms with Crippen LogP contribution < -0.4 is 9.64 Å². The monoisotopic (exact) mass is 435 g/mol. The molecule has 166 valence electrons. The van der Waals surface area contributed by atoms with E-state index < -0.39 is 11.4 Å². The van der Waals surface area contributed by atoms with Gasteiger partial charge in [0.1, 0.15) is 11.2 Å². The van der Waals surface area contributed by atoms with Crippen molar-refractivity contribution in [3.8, 4) is 11.8 Å². The van der Waals surface area contributed by atoms with Crippen LogP contribution in [0.15, 0.2) is 48.5 Å². The lowest BCUT2D eigenvalue weighted by atomic mass is 9.88. The number of carboxylic acid groups (broad SMARTS) is 1. The van der Waals surface area contributed by atoms with Crippen LogP contribution >= 0.6 is 0 Å². The van der Waals surface area contributed by atoms with Gasteiger partial charge >= 0.3 is 5.97 Å². The van der Waals surface area contributed by atoms with Crippen LogP contribution in [-0.4, -0.2) is 67.9 Å². The molecule has 2 fully saturated rings. The first-order chi connectivity index (χ1) is 15.4. The highest BCUT2D eigenvalue weighted by Gasteiger charge is 2.47. The van der Waals surface area contributed by atoms with Crippen LogP contribution in [0.1, 0.15) is 22.3 Å². The third-order valence-corrected chi connectivity index (χ3v) is 6.24. The van der Waals surface area contributed by atoms with E-state index in [2.05, 4.69) is 11.0 Å². The number of hydrogen-bond donors (Lipinski definition) is 1. The molecule has 1 N–H and O–H groups in total. The van der Waals surface area contributed by atoms with Gasteiger partial charge in [0, 0.05) is 37.4 Å². The molecule has 8 nitrogen and oxygen atoms in total. The van der Waals surface area contributed by atoms with E-state index in [1.165, 1.54) is 0 Å². The van der Waals surface area contributed by atoms with E-state index in [0.717, 1.165) is 5.69 Å². The lowest BCUT2D eigenvalue weighted by molar-refractivity contribution is -0.153. The fraction of sp³-hybridized carbons (Fsp3) is 0.375. The van der Waals surface area contributed by atoms with Crippen LogP contribution in [0.3, 0.4) is 0 Å². The predicted octanol–water partition coefficient (Wildman–Crippen LogP) is 2.39. The number of likely N-dealkylation sites (tertiary alicyclic amines) is 1. The third kappa shape index (κ3) is 4.25. The van der Waals surface area contributed by atoms with Crippen LogP contribution in [0.4, 0.5) is 5.69 Å². The number of methoxy groups -OCH3 is 1. The van der Waals surface area contributed by atoms with Crippen molar-refractivity contribution in [2.45, 2.75) is 12.5 Å². The number of nitrogens with zero attached hydrogens (tertiary/aromatic N) is 3. The van der Waals surface area contributed by atoms with Gasteiger partial charge < -0.3 is 24.4 Å². The summed E-state index contributed by atoms with van der Waals surface area (Å²) < 4.78 is 11.1. The van der Waals surface area contributed by atoms with Crippen molar-refractivity contribution in [1.29, 1.82) is 5.26 Å². The maximum absolute atomic E-state index is 12.8. The Morgan fingerprint density at radius 2 is 1.84 bits per heavy atom. The lowest BCUT2D eigenvalue weighted by Crippen LogP contribution is -2.54. The zero-order valence-corrected chi connectivity index (χ0v) is 17.9. The molecule has 2 saturated heterocycles. The van der Waals surface area contributed by atoms with Gasteiger partial charge in [-0.25, -0.2) is 0 Å². The third-order valence-electron chi connectivity index (χ3n) is 6.24. The first-order valence-corrected chi connectivity index (χ1v) is 10.5. The Hall–Kier alpha value is -3.57. The van der Waals surface area contributed by atoms with Crippen LogP contribution in [0.2, 0.25) is 0 Å². The molecule has 2 aromatic rings. The second kappa shape index (κ2) is 8.89. The van der Waals surface area contributed by atoms with Crippen molar-refractivity contribution in [3.63, 3.8) is 0 Å². The van der Waals surface area contributed by atoms with E-state index in [-0.39, 0.29) is 25.2 Å². The fourth-order valence-electron chi connectivity index (χ4n) is 4.09. The van der Waals surface area contributed by atoms with Gasteiger partial charge in [-0.2, -0.15) is 5.26 Å². The Labute approximate surface area is 186 Å². The Morgan fingerprint density at radius 1 is 1.16 bits per heavy atom. The quantitative estimate of drug-likeness (QED) is 0.712. The maximum atomic E-state index is 12.8. The first kappa shape index (κ1) is 21.7. The van der Waals surface area contributed by atoms with Gasteiger partial charge in [-0.15, -0.1) is 0 Å². The highest BCUT2D eigenvalue weighted by molar-refractivity contribution is 5.95. The molecule has 0 saturated carbocycles. The maximum Gasteiger partial charge on any atom is 0.313 e. The zero-order chi connectivity index (χ0) is 22.7. The van der Waals surface area contributed by atoms with E-state index in [0.29, 0.717) is 42.9 Å². The van der Waals surface area contributed by atoms with Crippen LogP contribution in [0.25, 0.3) is 0 Å². The summed E-state index contributed by atoms with van der Waals surface area (Å²) in [6.45, 7) is 1.90. The molecule has 0 radical (unpaired) electrons. The van der Waals surface area contributed by atoms with E-state index in [1.54, 1.807) is 48.4 Å². The van der Waals surface area contributed by atoms with Gasteiger partial charge in [-0.3, -0.25) is 9.59 Å². The van der Waals surface area contributed by atoms with E-state index in [4.69, 9.17) is 14.7 Å². The molecule has 1 atom stereocenters. The Balaban J connectivity index is 1.32. The molecule has 0 bridgehead atoms. The second-order valence-electron chi connectivity index (χ2n) is 8.29. The topological polar surface area (TPSA) is 103 Å². The van der Waals surface area contributed by atoms with E-state index in [9.17, 15) is 14.7 Å². The van der Waals surface area contributed by atoms with Gasteiger partial charge in [0.05, 0.1) is 31.5 Å². The van der Waals surface area contributed by atoms with Crippen molar-refractivity contribution >= 4 is 17.6 Å². The zero-order valence-electron chi connectivity index (χ0n) is 17.9. The van der Waals surface area contributed by atoms with Gasteiger partial charge in [-0.1, -0.05) is 0 Å². The highest BCUT2D eigenvalue weighted by Crippen LogP contribution is 2.34. The van der Waals surface area contributed by atoms with Crippen molar-refractivity contribution in [1.82, 2.24) is 4.90 Å². The van der Waals surface area contributed by atoms with Gasteiger partial charge in [0.15, 0.2) is 0 Å². The van der Waals surface area contributed by atoms with Crippen LogP contribution in [-0.2, 0) is 9.53 Å². The molecule has 2 aliphatic heterocycles. The molecular weight excluding hydrogens is 410 g/mol. The van der Waals surface area contributed by atoms with Crippen LogP contribution in [0.5, 0.6) is 5.75 Å². The average molecular weight is 435 g/mol. The molecule has 8 heteroatoms. The number of amides is 1.